The summed E-state index contributed by atoms with van der Waals surface area (Å²) < 4.78 is 7.15. The average molecular weight is 231 g/mol. The first-order valence-corrected chi connectivity index (χ1v) is 5.07. The van der Waals surface area contributed by atoms with Crippen LogP contribution in [0.15, 0.2) is 18.5 Å². The summed E-state index contributed by atoms with van der Waals surface area (Å²) in [7, 11) is 0. The Morgan fingerprint density at radius 1 is 1.53 bits per heavy atom. The molecule has 0 fully saturated rings. The number of aryl methyl sites for hydroxylation is 1. The van der Waals surface area contributed by atoms with Crippen molar-refractivity contribution in [2.75, 3.05) is 0 Å². The normalized spacial score (nSPS) is 12.5. The van der Waals surface area contributed by atoms with Crippen LogP contribution in [-0.4, -0.2) is 25.6 Å². The van der Waals surface area contributed by atoms with Crippen molar-refractivity contribution >= 4 is 5.97 Å². The van der Waals surface area contributed by atoms with Gasteiger partial charge in [0.05, 0.1) is 5.69 Å². The maximum absolute atomic E-state index is 11.0. The molecule has 0 unspecified atom stereocenters. The number of carbonyl (C=O) groups is 1. The summed E-state index contributed by atoms with van der Waals surface area (Å²) in [5.41, 5.74) is 2.13. The van der Waals surface area contributed by atoms with Gasteiger partial charge in [0.25, 0.3) is 0 Å². The predicted octanol–water partition coefficient (Wildman–Crippen LogP) is 1.17. The van der Waals surface area contributed by atoms with Crippen molar-refractivity contribution in [2.45, 2.75) is 13.5 Å². The molecule has 3 heterocycles. The molecule has 3 rings (SSSR count). The molecule has 6 nitrogen and oxygen atoms in total. The number of aromatic carboxylic acids is 1. The van der Waals surface area contributed by atoms with Gasteiger partial charge >= 0.3 is 5.97 Å². The Morgan fingerprint density at radius 3 is 3.12 bits per heavy atom. The predicted molar refractivity (Wildman–Crippen MR) is 57.4 cm³/mol. The Hall–Kier alpha value is -2.37. The van der Waals surface area contributed by atoms with Crippen LogP contribution in [0.2, 0.25) is 0 Å². The summed E-state index contributed by atoms with van der Waals surface area (Å²) in [5.74, 6) is -0.544. The second kappa shape index (κ2) is 3.31. The summed E-state index contributed by atoms with van der Waals surface area (Å²) in [4.78, 5) is 19.1. The van der Waals surface area contributed by atoms with E-state index in [-0.39, 0.29) is 12.3 Å². The maximum atomic E-state index is 11.0. The number of aromatic nitrogens is 3. The summed E-state index contributed by atoms with van der Waals surface area (Å²) in [5, 5.41) is 8.97. The summed E-state index contributed by atoms with van der Waals surface area (Å²) in [6.07, 6.45) is 1.48. The number of carboxylic acids is 1. The molecule has 2 aromatic heterocycles. The number of imidazole rings is 1. The number of ether oxygens (including phenoxy) is 1. The number of rotatable bonds is 1. The molecule has 86 valence electrons. The molecule has 1 aliphatic rings. The van der Waals surface area contributed by atoms with Crippen LogP contribution < -0.4 is 4.74 Å². The van der Waals surface area contributed by atoms with Crippen molar-refractivity contribution in [1.29, 1.82) is 0 Å². The SMILES string of the molecule is Cc1ccc2c(n1)OCc1c(C(=O)O)ncn1-2. The van der Waals surface area contributed by atoms with Crippen molar-refractivity contribution in [2.24, 2.45) is 0 Å². The minimum atomic E-state index is -1.05. The molecule has 0 bridgehead atoms. The van der Waals surface area contributed by atoms with E-state index in [1.165, 1.54) is 6.33 Å². The van der Waals surface area contributed by atoms with Crippen molar-refractivity contribution in [3.8, 4) is 11.6 Å². The minimum absolute atomic E-state index is 0.0243. The molecule has 6 heteroatoms. The quantitative estimate of drug-likeness (QED) is 0.797. The van der Waals surface area contributed by atoms with Crippen LogP contribution in [0.4, 0.5) is 0 Å². The zero-order chi connectivity index (χ0) is 12.0. The van der Waals surface area contributed by atoms with E-state index in [9.17, 15) is 4.79 Å². The third-order valence-electron chi connectivity index (χ3n) is 2.65. The zero-order valence-corrected chi connectivity index (χ0v) is 9.04. The molecule has 0 aromatic carbocycles. The number of hydrogen-bond donors (Lipinski definition) is 1. The topological polar surface area (TPSA) is 77.2 Å². The van der Waals surface area contributed by atoms with Crippen LogP contribution in [0.25, 0.3) is 5.69 Å². The Balaban J connectivity index is 2.21. The Labute approximate surface area is 96.5 Å². The molecule has 0 amide bonds. The fourth-order valence-electron chi connectivity index (χ4n) is 1.85. The van der Waals surface area contributed by atoms with Gasteiger partial charge in [0.1, 0.15) is 18.6 Å². The van der Waals surface area contributed by atoms with Gasteiger partial charge in [0.15, 0.2) is 5.69 Å². The van der Waals surface area contributed by atoms with Crippen LogP contribution in [0.3, 0.4) is 0 Å². The lowest BCUT2D eigenvalue weighted by molar-refractivity contribution is 0.0687. The van der Waals surface area contributed by atoms with Gasteiger partial charge < -0.3 is 9.84 Å². The van der Waals surface area contributed by atoms with Crippen LogP contribution in [0, 0.1) is 6.92 Å². The first kappa shape index (κ1) is 9.83. The number of fused-ring (bicyclic) bond motifs is 3. The van der Waals surface area contributed by atoms with Gasteiger partial charge in [-0.1, -0.05) is 0 Å². The molecule has 0 spiro atoms. The first-order chi connectivity index (χ1) is 8.16. The summed E-state index contributed by atoms with van der Waals surface area (Å²) in [6, 6.07) is 3.69. The van der Waals surface area contributed by atoms with E-state index < -0.39 is 5.97 Å². The van der Waals surface area contributed by atoms with Crippen LogP contribution in [0.1, 0.15) is 21.9 Å². The van der Waals surface area contributed by atoms with E-state index in [1.807, 2.05) is 19.1 Å². The molecule has 0 aliphatic carbocycles. The van der Waals surface area contributed by atoms with Crippen molar-refractivity contribution in [1.82, 2.24) is 14.5 Å². The highest BCUT2D eigenvalue weighted by atomic mass is 16.5. The maximum Gasteiger partial charge on any atom is 0.356 e. The van der Waals surface area contributed by atoms with Gasteiger partial charge in [-0.25, -0.2) is 14.8 Å². The van der Waals surface area contributed by atoms with E-state index in [0.29, 0.717) is 11.6 Å². The number of nitrogens with zero attached hydrogens (tertiary/aromatic N) is 3. The largest absolute Gasteiger partial charge is 0.476 e. The highest BCUT2D eigenvalue weighted by Gasteiger charge is 2.24. The highest BCUT2D eigenvalue weighted by Crippen LogP contribution is 2.29. The molecule has 1 aliphatic heterocycles. The monoisotopic (exact) mass is 231 g/mol. The van der Waals surface area contributed by atoms with Crippen LogP contribution >= 0.6 is 0 Å². The van der Waals surface area contributed by atoms with Gasteiger partial charge in [0.2, 0.25) is 5.88 Å². The summed E-state index contributed by atoms with van der Waals surface area (Å²) in [6.45, 7) is 2.04. The average Bonchev–Trinajstić information content (AvgIpc) is 2.72. The zero-order valence-electron chi connectivity index (χ0n) is 9.04. The number of pyridine rings is 1. The molecule has 0 saturated carbocycles. The fraction of sp³-hybridized carbons (Fsp3) is 0.182. The van der Waals surface area contributed by atoms with Gasteiger partial charge in [-0.05, 0) is 19.1 Å². The van der Waals surface area contributed by atoms with Crippen molar-refractivity contribution < 1.29 is 14.6 Å². The fourth-order valence-corrected chi connectivity index (χ4v) is 1.85. The standard InChI is InChI=1S/C11H9N3O3/c1-6-2-3-7-10(13-6)17-4-8-9(11(15)16)12-5-14(7)8/h2-3,5H,4H2,1H3,(H,15,16). The van der Waals surface area contributed by atoms with Gasteiger partial charge in [-0.15, -0.1) is 0 Å². The van der Waals surface area contributed by atoms with E-state index in [4.69, 9.17) is 9.84 Å². The van der Waals surface area contributed by atoms with E-state index in [1.54, 1.807) is 4.57 Å². The molecule has 2 aromatic rings. The molecule has 17 heavy (non-hydrogen) atoms. The Bertz CT molecular complexity index is 618. The molecule has 0 atom stereocenters. The lowest BCUT2D eigenvalue weighted by Gasteiger charge is -2.19. The van der Waals surface area contributed by atoms with Crippen molar-refractivity contribution in [3.63, 3.8) is 0 Å². The van der Waals surface area contributed by atoms with Gasteiger partial charge in [0, 0.05) is 5.69 Å². The van der Waals surface area contributed by atoms with E-state index in [0.717, 1.165) is 11.4 Å². The lowest BCUT2D eigenvalue weighted by atomic mass is 10.2. The minimum Gasteiger partial charge on any atom is -0.476 e. The van der Waals surface area contributed by atoms with E-state index >= 15 is 0 Å². The number of hydrogen-bond acceptors (Lipinski definition) is 4. The molecule has 1 N–H and O–H groups in total. The van der Waals surface area contributed by atoms with Crippen molar-refractivity contribution in [3.05, 3.63) is 35.5 Å². The Morgan fingerprint density at radius 2 is 2.35 bits per heavy atom. The van der Waals surface area contributed by atoms with E-state index in [2.05, 4.69) is 9.97 Å². The third-order valence-corrected chi connectivity index (χ3v) is 2.65. The highest BCUT2D eigenvalue weighted by molar-refractivity contribution is 5.87. The Kier molecular flexibility index (Phi) is 1.91. The second-order valence-corrected chi connectivity index (χ2v) is 3.78. The molecule has 0 radical (unpaired) electrons. The smallest absolute Gasteiger partial charge is 0.356 e. The lowest BCUT2D eigenvalue weighted by Crippen LogP contribution is -2.16. The molecular formula is C11H9N3O3. The molecule has 0 saturated heterocycles. The van der Waals surface area contributed by atoms with Crippen LogP contribution in [0.5, 0.6) is 5.88 Å². The number of carboxylic acid groups (broad SMARTS) is 1. The third kappa shape index (κ3) is 1.37. The summed E-state index contributed by atoms with van der Waals surface area (Å²) >= 11 is 0. The second-order valence-electron chi connectivity index (χ2n) is 3.78. The van der Waals surface area contributed by atoms with Gasteiger partial charge in [-0.3, -0.25) is 4.57 Å². The first-order valence-electron chi connectivity index (χ1n) is 5.07. The van der Waals surface area contributed by atoms with Gasteiger partial charge in [-0.2, -0.15) is 0 Å². The van der Waals surface area contributed by atoms with Crippen LogP contribution in [-0.2, 0) is 6.61 Å². The molecular weight excluding hydrogens is 222 g/mol.